The fraction of sp³-hybridized carbons (Fsp3) is 0.882. The van der Waals surface area contributed by atoms with Crippen molar-refractivity contribution in [2.24, 2.45) is 22.7 Å². The van der Waals surface area contributed by atoms with Gasteiger partial charge in [-0.3, -0.25) is 20.5 Å². The van der Waals surface area contributed by atoms with Gasteiger partial charge in [-0.15, -0.1) is 0 Å². The van der Waals surface area contributed by atoms with Gasteiger partial charge in [0.25, 0.3) is 0 Å². The molecule has 4 N–H and O–H groups in total. The van der Waals surface area contributed by atoms with Crippen molar-refractivity contribution in [3.63, 3.8) is 0 Å². The molecule has 1 saturated carbocycles. The van der Waals surface area contributed by atoms with Gasteiger partial charge in [0.1, 0.15) is 0 Å². The van der Waals surface area contributed by atoms with E-state index in [1.807, 2.05) is 20.8 Å². The highest BCUT2D eigenvalue weighted by Gasteiger charge is 2.42. The van der Waals surface area contributed by atoms with E-state index in [1.165, 1.54) is 0 Å². The number of aliphatic imine (C=N–C) groups is 1. The summed E-state index contributed by atoms with van der Waals surface area (Å²) in [6.07, 6.45) is -2.85. The quantitative estimate of drug-likeness (QED) is 0.448. The minimum Gasteiger partial charge on any atom is -0.339 e. The van der Waals surface area contributed by atoms with Crippen LogP contribution in [0, 0.1) is 17.8 Å². The molecule has 2 unspecified atom stereocenters. The number of nitrogens with one attached hydrogen (secondary N) is 4. The number of hydrazine groups is 1. The molecule has 1 aliphatic carbocycles. The first-order valence-electron chi connectivity index (χ1n) is 9.34. The zero-order valence-electron chi connectivity index (χ0n) is 15.6. The Balaban J connectivity index is 1.90. The molecule has 1 saturated heterocycles. The normalized spacial score (nSPS) is 30.5. The second-order valence-corrected chi connectivity index (χ2v) is 7.78. The molecule has 0 aromatic carbocycles. The summed E-state index contributed by atoms with van der Waals surface area (Å²) < 4.78 is 38.3. The lowest BCUT2D eigenvalue weighted by Gasteiger charge is -2.29. The van der Waals surface area contributed by atoms with E-state index in [2.05, 4.69) is 26.5 Å². The van der Waals surface area contributed by atoms with Gasteiger partial charge in [-0.25, -0.2) is 5.43 Å². The van der Waals surface area contributed by atoms with E-state index in [4.69, 9.17) is 0 Å². The first-order valence-corrected chi connectivity index (χ1v) is 9.34. The molecule has 2 rings (SSSR count). The summed E-state index contributed by atoms with van der Waals surface area (Å²) in [5.74, 6) is -1.21. The molecule has 1 amide bonds. The van der Waals surface area contributed by atoms with Gasteiger partial charge in [0.05, 0.1) is 12.1 Å². The van der Waals surface area contributed by atoms with E-state index < -0.39 is 18.0 Å². The Morgan fingerprint density at radius 2 is 1.85 bits per heavy atom. The largest absolute Gasteiger partial charge is 0.391 e. The minimum atomic E-state index is -4.16. The Labute approximate surface area is 152 Å². The summed E-state index contributed by atoms with van der Waals surface area (Å²) in [6, 6.07) is 0.298. The lowest BCUT2D eigenvalue weighted by molar-refractivity contribution is -0.184. The zero-order chi connectivity index (χ0) is 19.3. The number of hydrogen-bond donors (Lipinski definition) is 4. The Morgan fingerprint density at radius 1 is 1.19 bits per heavy atom. The smallest absolute Gasteiger partial charge is 0.339 e. The van der Waals surface area contributed by atoms with E-state index in [9.17, 15) is 18.0 Å². The van der Waals surface area contributed by atoms with Crippen LogP contribution in [0.25, 0.3) is 0 Å². The highest BCUT2D eigenvalue weighted by Crippen LogP contribution is 2.39. The molecule has 0 radical (unpaired) electrons. The maximum absolute atomic E-state index is 12.8. The van der Waals surface area contributed by atoms with Crippen LogP contribution in [0.2, 0.25) is 0 Å². The fourth-order valence-electron chi connectivity index (χ4n) is 3.27. The number of amides is 1. The van der Waals surface area contributed by atoms with Crippen LogP contribution in [0.4, 0.5) is 13.2 Å². The number of carbonyl (C=O) groups is 1. The van der Waals surface area contributed by atoms with Crippen molar-refractivity contribution >= 4 is 11.9 Å². The van der Waals surface area contributed by atoms with Crippen LogP contribution in [0.1, 0.15) is 52.9 Å². The van der Waals surface area contributed by atoms with Gasteiger partial charge in [0.15, 0.2) is 5.96 Å². The molecule has 2 fully saturated rings. The molecular formula is C17H30F3N5O. The summed E-state index contributed by atoms with van der Waals surface area (Å²) in [6.45, 7) is 6.65. The van der Waals surface area contributed by atoms with Crippen LogP contribution in [0.5, 0.6) is 0 Å². The van der Waals surface area contributed by atoms with Crippen molar-refractivity contribution in [2.75, 3.05) is 6.54 Å². The fourth-order valence-corrected chi connectivity index (χ4v) is 3.27. The number of guanidine groups is 1. The van der Waals surface area contributed by atoms with Gasteiger partial charge in [0.2, 0.25) is 5.91 Å². The lowest BCUT2D eigenvalue weighted by atomic mass is 9.81. The summed E-state index contributed by atoms with van der Waals surface area (Å²) in [7, 11) is 0. The second kappa shape index (κ2) is 9.03. The van der Waals surface area contributed by atoms with Crippen LogP contribution in [-0.2, 0) is 4.79 Å². The Bertz CT molecular complexity index is 501. The highest BCUT2D eigenvalue weighted by atomic mass is 19.4. The number of halogens is 3. The molecule has 6 nitrogen and oxygen atoms in total. The third-order valence-corrected chi connectivity index (χ3v) is 4.82. The molecule has 1 aliphatic heterocycles. The number of rotatable bonds is 4. The van der Waals surface area contributed by atoms with Crippen LogP contribution < -0.4 is 21.5 Å². The molecule has 0 aromatic rings. The molecule has 2 atom stereocenters. The van der Waals surface area contributed by atoms with Crippen molar-refractivity contribution in [3.05, 3.63) is 0 Å². The molecule has 26 heavy (non-hydrogen) atoms. The van der Waals surface area contributed by atoms with Gasteiger partial charge in [-0.1, -0.05) is 13.8 Å². The highest BCUT2D eigenvalue weighted by molar-refractivity contribution is 5.98. The molecule has 150 valence electrons. The standard InChI is InChI=1S/C17H30F3N5O/c1-10(2)9-21-16(22-14-8-11(3)24-25-14)23-15(26)12-4-6-13(7-5-12)17(18,19)20/h10-14,24-25H,4-9H2,1-3H3,(H2,21,22,23,26). The first-order chi connectivity index (χ1) is 12.1. The monoisotopic (exact) mass is 377 g/mol. The van der Waals surface area contributed by atoms with Crippen molar-refractivity contribution in [3.8, 4) is 0 Å². The molecule has 0 aromatic heterocycles. The Hall–Kier alpha value is -1.35. The maximum Gasteiger partial charge on any atom is 0.391 e. The van der Waals surface area contributed by atoms with Crippen molar-refractivity contribution in [1.29, 1.82) is 0 Å². The van der Waals surface area contributed by atoms with Crippen molar-refractivity contribution in [2.45, 2.75) is 71.3 Å². The topological polar surface area (TPSA) is 77.5 Å². The predicted molar refractivity (Wildman–Crippen MR) is 94.1 cm³/mol. The third kappa shape index (κ3) is 6.42. The van der Waals surface area contributed by atoms with E-state index in [0.29, 0.717) is 24.5 Å². The average Bonchev–Trinajstić information content (AvgIpc) is 2.96. The van der Waals surface area contributed by atoms with Gasteiger partial charge in [-0.05, 0) is 44.9 Å². The molecule has 2 aliphatic rings. The third-order valence-electron chi connectivity index (χ3n) is 4.82. The van der Waals surface area contributed by atoms with Crippen LogP contribution >= 0.6 is 0 Å². The zero-order valence-corrected chi connectivity index (χ0v) is 15.6. The van der Waals surface area contributed by atoms with Crippen molar-refractivity contribution < 1.29 is 18.0 Å². The average molecular weight is 377 g/mol. The number of hydrogen-bond acceptors (Lipinski definition) is 4. The van der Waals surface area contributed by atoms with Crippen LogP contribution in [0.3, 0.4) is 0 Å². The van der Waals surface area contributed by atoms with E-state index in [1.54, 1.807) is 0 Å². The molecular weight excluding hydrogens is 347 g/mol. The van der Waals surface area contributed by atoms with Gasteiger partial charge < -0.3 is 5.32 Å². The lowest BCUT2D eigenvalue weighted by Crippen LogP contribution is -2.52. The van der Waals surface area contributed by atoms with Crippen LogP contribution in [0.15, 0.2) is 4.99 Å². The maximum atomic E-state index is 12.8. The van der Waals surface area contributed by atoms with E-state index in [-0.39, 0.29) is 37.8 Å². The molecule has 0 spiro atoms. The number of carbonyl (C=O) groups excluding carboxylic acids is 1. The molecule has 1 heterocycles. The number of alkyl halides is 3. The van der Waals surface area contributed by atoms with E-state index in [0.717, 1.165) is 6.42 Å². The summed E-state index contributed by atoms with van der Waals surface area (Å²) in [5, 5.41) is 5.96. The number of nitrogens with zero attached hydrogens (tertiary/aromatic N) is 1. The Morgan fingerprint density at radius 3 is 2.35 bits per heavy atom. The predicted octanol–water partition coefficient (Wildman–Crippen LogP) is 2.29. The van der Waals surface area contributed by atoms with Gasteiger partial charge in [-0.2, -0.15) is 13.2 Å². The summed E-state index contributed by atoms with van der Waals surface area (Å²) in [5.41, 5.74) is 6.17. The second-order valence-electron chi connectivity index (χ2n) is 7.78. The van der Waals surface area contributed by atoms with Gasteiger partial charge in [0, 0.05) is 18.5 Å². The summed E-state index contributed by atoms with van der Waals surface area (Å²) in [4.78, 5) is 16.9. The first kappa shape index (κ1) is 21.0. The van der Waals surface area contributed by atoms with Crippen LogP contribution in [-0.4, -0.2) is 36.8 Å². The molecule has 0 bridgehead atoms. The summed E-state index contributed by atoms with van der Waals surface area (Å²) >= 11 is 0. The van der Waals surface area contributed by atoms with E-state index >= 15 is 0 Å². The van der Waals surface area contributed by atoms with Gasteiger partial charge >= 0.3 is 6.18 Å². The van der Waals surface area contributed by atoms with Crippen molar-refractivity contribution in [1.82, 2.24) is 21.5 Å². The Kier molecular flexibility index (Phi) is 7.28. The SMILES string of the molecule is CC(C)CN=C(NC(=O)C1CCC(C(F)(F)F)CC1)NC1CC(C)NN1. The minimum absolute atomic E-state index is 0.0130. The molecule has 9 heteroatoms.